The van der Waals surface area contributed by atoms with Crippen molar-refractivity contribution in [3.05, 3.63) is 151 Å². The van der Waals surface area contributed by atoms with Crippen LogP contribution >= 0.6 is 69.6 Å². The number of aliphatic carboxylic acids is 1. The van der Waals surface area contributed by atoms with Gasteiger partial charge < -0.3 is 26.1 Å². The first-order chi connectivity index (χ1) is 25.7. The number of nitrogens with one attached hydrogen (secondary N) is 1. The van der Waals surface area contributed by atoms with Crippen molar-refractivity contribution in [1.29, 1.82) is 0 Å². The molecule has 0 bridgehead atoms. The number of nitrogens with zero attached hydrogens (tertiary/aromatic N) is 1. The van der Waals surface area contributed by atoms with Gasteiger partial charge in [-0.3, -0.25) is 4.79 Å². The number of hydrogen-bond acceptors (Lipinski definition) is 4. The monoisotopic (exact) mass is 853 g/mol. The molecule has 1 saturated heterocycles. The van der Waals surface area contributed by atoms with Gasteiger partial charge in [0.1, 0.15) is 0 Å². The van der Waals surface area contributed by atoms with Gasteiger partial charge in [-0.15, -0.1) is 19.7 Å². The molecule has 3 aromatic rings. The van der Waals surface area contributed by atoms with Crippen molar-refractivity contribution in [2.24, 2.45) is 5.73 Å². The number of carboxylic acid groups (broad SMARTS) is 1. The van der Waals surface area contributed by atoms with Crippen molar-refractivity contribution in [3.8, 4) is 0 Å². The molecule has 54 heavy (non-hydrogen) atoms. The quantitative estimate of drug-likeness (QED) is 0.0849. The summed E-state index contributed by atoms with van der Waals surface area (Å²) in [4.78, 5) is 14.4. The van der Waals surface area contributed by atoms with Gasteiger partial charge in [-0.05, 0) is 98.7 Å². The molecular weight excluding hydrogens is 807 g/mol. The molecule has 1 aliphatic rings. The van der Waals surface area contributed by atoms with Crippen molar-refractivity contribution in [2.45, 2.75) is 74.2 Å². The van der Waals surface area contributed by atoms with E-state index in [9.17, 15) is 4.79 Å². The lowest BCUT2D eigenvalue weighted by atomic mass is 9.72. The minimum atomic E-state index is -0.950. The average molecular weight is 857 g/mol. The average Bonchev–Trinajstić information content (AvgIpc) is 3.16. The summed E-state index contributed by atoms with van der Waals surface area (Å²) in [6.45, 7) is 21.4. The Morgan fingerprint density at radius 3 is 1.89 bits per heavy atom. The van der Waals surface area contributed by atoms with E-state index in [1.807, 2.05) is 36.4 Å². The van der Waals surface area contributed by atoms with Crippen molar-refractivity contribution < 1.29 is 15.0 Å². The van der Waals surface area contributed by atoms with Gasteiger partial charge in [0.15, 0.2) is 0 Å². The normalized spacial score (nSPS) is 17.2. The topological polar surface area (TPSA) is 99.9 Å². The Bertz CT molecular complexity index is 1760. The summed E-state index contributed by atoms with van der Waals surface area (Å²) in [5.41, 5.74) is 7.89. The van der Waals surface area contributed by atoms with Gasteiger partial charge in [0.2, 0.25) is 0 Å². The van der Waals surface area contributed by atoms with E-state index in [-0.39, 0.29) is 30.3 Å². The smallest absolute Gasteiger partial charge is 0.303 e. The molecule has 0 aromatic heterocycles. The molecule has 3 atom stereocenters. The second-order valence-electron chi connectivity index (χ2n) is 13.3. The molecule has 4 rings (SSSR count). The second-order valence-corrected chi connectivity index (χ2v) is 15.7. The van der Waals surface area contributed by atoms with Gasteiger partial charge in [-0.25, -0.2) is 6.57 Å². The van der Waals surface area contributed by atoms with Crippen LogP contribution in [0.1, 0.15) is 74.5 Å². The lowest BCUT2D eigenvalue weighted by Gasteiger charge is -2.37. The molecule has 0 radical (unpaired) electrons. The Hall–Kier alpha value is -2.54. The fourth-order valence-electron chi connectivity index (χ4n) is 6.66. The maximum absolute atomic E-state index is 10.7. The molecule has 0 spiro atoms. The third kappa shape index (κ3) is 13.3. The number of piperidine rings is 1. The van der Waals surface area contributed by atoms with Crippen LogP contribution in [0.4, 0.5) is 0 Å². The Morgan fingerprint density at radius 1 is 0.852 bits per heavy atom. The van der Waals surface area contributed by atoms with Gasteiger partial charge >= 0.3 is 5.97 Å². The van der Waals surface area contributed by atoms with Crippen LogP contribution in [0.5, 0.6) is 0 Å². The summed E-state index contributed by atoms with van der Waals surface area (Å²) in [5, 5.41) is 24.4. The lowest BCUT2D eigenvalue weighted by molar-refractivity contribution is -0.137. The Balaban J connectivity index is 0.000000280. The van der Waals surface area contributed by atoms with Crippen LogP contribution < -0.4 is 11.1 Å². The van der Waals surface area contributed by atoms with Crippen LogP contribution in [-0.4, -0.2) is 42.4 Å². The van der Waals surface area contributed by atoms with Gasteiger partial charge in [-0.2, -0.15) is 0 Å². The fraction of sp³-hybridized carbons (Fsp3) is 0.381. The fourth-order valence-corrected chi connectivity index (χ4v) is 7.56. The number of benzene rings is 3. The zero-order valence-corrected chi connectivity index (χ0v) is 34.9. The SMILES string of the molecule is C=CC[C@@](CN)(CCCO)c1ccc(Cl)c(Cl)c1.C=CC[C@]1(c2ccc(Cl)c(Cl)c2)CCCNC1.[C-]#[N+][C@](CC=C)(CCC(=O)O)c1ccc(Cl)c(Cl)c1. The number of nitrogens with two attached hydrogens (primary N) is 1. The molecule has 292 valence electrons. The Labute approximate surface area is 350 Å². The summed E-state index contributed by atoms with van der Waals surface area (Å²) < 4.78 is 0. The predicted molar refractivity (Wildman–Crippen MR) is 230 cm³/mol. The van der Waals surface area contributed by atoms with Crippen LogP contribution in [0.25, 0.3) is 4.85 Å². The van der Waals surface area contributed by atoms with Crippen molar-refractivity contribution >= 4 is 75.6 Å². The minimum Gasteiger partial charge on any atom is -0.481 e. The Kier molecular flexibility index (Phi) is 20.7. The van der Waals surface area contributed by atoms with Crippen LogP contribution in [-0.2, 0) is 21.2 Å². The zero-order valence-electron chi connectivity index (χ0n) is 30.3. The van der Waals surface area contributed by atoms with Crippen molar-refractivity contribution in [2.75, 3.05) is 26.2 Å². The molecule has 5 N–H and O–H groups in total. The van der Waals surface area contributed by atoms with E-state index < -0.39 is 11.5 Å². The summed E-state index contributed by atoms with van der Waals surface area (Å²) in [6, 6.07) is 16.5. The summed E-state index contributed by atoms with van der Waals surface area (Å²) in [5.74, 6) is -0.933. The highest BCUT2D eigenvalue weighted by Gasteiger charge is 2.38. The minimum absolute atomic E-state index is 0.0868. The molecule has 0 unspecified atom stereocenters. The van der Waals surface area contributed by atoms with E-state index in [2.05, 4.69) is 36.0 Å². The molecule has 1 aliphatic heterocycles. The van der Waals surface area contributed by atoms with E-state index >= 15 is 0 Å². The molecule has 1 heterocycles. The highest BCUT2D eigenvalue weighted by Crippen LogP contribution is 2.40. The Morgan fingerprint density at radius 2 is 1.43 bits per heavy atom. The van der Waals surface area contributed by atoms with Crippen LogP contribution in [0.15, 0.2) is 92.6 Å². The third-order valence-corrected chi connectivity index (χ3v) is 11.9. The molecule has 0 saturated carbocycles. The van der Waals surface area contributed by atoms with E-state index in [1.54, 1.807) is 30.3 Å². The number of allylic oxidation sites excluding steroid dienone is 2. The van der Waals surface area contributed by atoms with Crippen molar-refractivity contribution in [1.82, 2.24) is 5.32 Å². The highest BCUT2D eigenvalue weighted by atomic mass is 35.5. The molecule has 6 nitrogen and oxygen atoms in total. The van der Waals surface area contributed by atoms with Crippen molar-refractivity contribution in [3.63, 3.8) is 0 Å². The van der Waals surface area contributed by atoms with E-state index in [4.69, 9.17) is 92.1 Å². The number of halogens is 6. The molecule has 0 amide bonds. The number of carbonyl (C=O) groups is 1. The van der Waals surface area contributed by atoms with Crippen LogP contribution in [0, 0.1) is 6.57 Å². The molecule has 0 aliphatic carbocycles. The van der Waals surface area contributed by atoms with Gasteiger partial charge in [0, 0.05) is 48.9 Å². The van der Waals surface area contributed by atoms with Gasteiger partial charge in [0.25, 0.3) is 5.54 Å². The maximum atomic E-state index is 10.7. The van der Waals surface area contributed by atoms with Gasteiger partial charge in [-0.1, -0.05) is 100.0 Å². The summed E-state index contributed by atoms with van der Waals surface area (Å²) in [6.07, 6.45) is 11.5. The number of hydrogen-bond donors (Lipinski definition) is 4. The predicted octanol–water partition coefficient (Wildman–Crippen LogP) is 12.3. The number of aliphatic hydroxyl groups is 1. The van der Waals surface area contributed by atoms with E-state index in [0.717, 1.165) is 37.9 Å². The molecule has 1 fully saturated rings. The maximum Gasteiger partial charge on any atom is 0.303 e. The summed E-state index contributed by atoms with van der Waals surface area (Å²) in [7, 11) is 0. The standard InChI is InChI=1S/C14H13Cl2NO2.C14H19Cl2NO.C14H17Cl2N/c1-3-7-14(17-2,8-6-13(18)19)10-4-5-11(15)12(16)9-10;1-2-6-14(10-17,7-3-8-18)11-4-5-12(15)13(16)9-11;1-2-6-14(7-3-8-17-10-14)11-4-5-12(15)13(16)9-11/h3-5,9H,1,6-8H2,(H,18,19);2,4-5,9,18H,1,3,6-8,10,17H2;2,4-5,9,17H,1,3,6-8,10H2/t3*14-/m100/s1. The number of aliphatic hydroxyl groups excluding tert-OH is 1. The highest BCUT2D eigenvalue weighted by molar-refractivity contribution is 6.43. The van der Waals surface area contributed by atoms with Gasteiger partial charge in [0.05, 0.1) is 36.6 Å². The summed E-state index contributed by atoms with van der Waals surface area (Å²) >= 11 is 35.9. The second kappa shape index (κ2) is 23.5. The number of rotatable bonds is 16. The molecule has 3 aromatic carbocycles. The third-order valence-electron chi connectivity index (χ3n) is 9.72. The van der Waals surface area contributed by atoms with E-state index in [0.29, 0.717) is 55.1 Å². The van der Waals surface area contributed by atoms with Crippen LogP contribution in [0.3, 0.4) is 0 Å². The van der Waals surface area contributed by atoms with E-state index in [1.165, 1.54) is 18.4 Å². The van der Waals surface area contributed by atoms with Crippen LogP contribution in [0.2, 0.25) is 30.1 Å². The number of carboxylic acids is 1. The first-order valence-electron chi connectivity index (χ1n) is 17.5. The molecular formula is C42H49Cl6N3O3. The first kappa shape index (κ1) is 47.6. The lowest BCUT2D eigenvalue weighted by Crippen LogP contribution is -2.43. The molecule has 12 heteroatoms. The first-order valence-corrected chi connectivity index (χ1v) is 19.8. The zero-order chi connectivity index (χ0) is 40.4. The largest absolute Gasteiger partial charge is 0.481 e.